The molecule has 0 spiro atoms. The lowest BCUT2D eigenvalue weighted by Crippen LogP contribution is -3.00. The van der Waals surface area contributed by atoms with E-state index < -0.39 is 5.97 Å². The molecule has 0 aliphatic rings. The number of carboxylic acids is 1. The minimum absolute atomic E-state index is 0. The van der Waals surface area contributed by atoms with E-state index in [1.54, 1.807) is 18.2 Å². The second-order valence-electron chi connectivity index (χ2n) is 3.55. The molecule has 1 aromatic heterocycles. The molecule has 3 nitrogen and oxygen atoms in total. The Morgan fingerprint density at radius 3 is 2.47 bits per heavy atom. The number of rotatable bonds is 3. The maximum atomic E-state index is 10.8. The van der Waals surface area contributed by atoms with Gasteiger partial charge in [-0.3, -0.25) is 0 Å². The third-order valence-electron chi connectivity index (χ3n) is 2.32. The van der Waals surface area contributed by atoms with E-state index in [0.717, 1.165) is 5.56 Å². The van der Waals surface area contributed by atoms with Crippen molar-refractivity contribution in [3.63, 3.8) is 0 Å². The lowest BCUT2D eigenvalue weighted by atomic mass is 10.1. The highest BCUT2D eigenvalue weighted by molar-refractivity contribution is 5.87. The van der Waals surface area contributed by atoms with E-state index in [0.29, 0.717) is 12.1 Å². The predicted molar refractivity (Wildman–Crippen MR) is 59.1 cm³/mol. The molecule has 0 aliphatic carbocycles. The number of halogens is 1. The Balaban J connectivity index is 0.00000144. The summed E-state index contributed by atoms with van der Waals surface area (Å²) in [7, 11) is 0. The molecule has 0 fully saturated rings. The van der Waals surface area contributed by atoms with Crippen molar-refractivity contribution >= 4 is 5.97 Å². The second kappa shape index (κ2) is 6.01. The Labute approximate surface area is 106 Å². The molecule has 2 rings (SSSR count). The second-order valence-corrected chi connectivity index (χ2v) is 3.55. The first-order valence-corrected chi connectivity index (χ1v) is 5.02. The molecule has 88 valence electrons. The normalized spacial score (nSPS) is 9.41. The van der Waals surface area contributed by atoms with Crippen molar-refractivity contribution in [3.05, 3.63) is 66.0 Å². The molecule has 0 bridgehead atoms. The third kappa shape index (κ3) is 3.57. The lowest BCUT2D eigenvalue weighted by molar-refractivity contribution is -0.688. The van der Waals surface area contributed by atoms with Crippen LogP contribution in [0.3, 0.4) is 0 Å². The van der Waals surface area contributed by atoms with Gasteiger partial charge in [-0.2, -0.15) is 0 Å². The van der Waals surface area contributed by atoms with E-state index in [2.05, 4.69) is 0 Å². The Morgan fingerprint density at radius 1 is 1.12 bits per heavy atom. The monoisotopic (exact) mass is 249 g/mol. The van der Waals surface area contributed by atoms with Crippen LogP contribution in [-0.4, -0.2) is 11.1 Å². The van der Waals surface area contributed by atoms with E-state index in [4.69, 9.17) is 5.11 Å². The molecule has 0 aliphatic heterocycles. The molecule has 0 amide bonds. The van der Waals surface area contributed by atoms with Gasteiger partial charge in [-0.15, -0.1) is 0 Å². The zero-order chi connectivity index (χ0) is 11.4. The Morgan fingerprint density at radius 2 is 1.82 bits per heavy atom. The van der Waals surface area contributed by atoms with Crippen LogP contribution >= 0.6 is 0 Å². The minimum atomic E-state index is -0.889. The standard InChI is InChI=1S/C13H11NO2.ClH/c15-13(16)12-6-4-5-11(9-12)10-14-7-2-1-3-8-14;/h1-9H,10H2;1H. The van der Waals surface area contributed by atoms with Gasteiger partial charge in [-0.05, 0) is 12.1 Å². The predicted octanol–water partition coefficient (Wildman–Crippen LogP) is -1.28. The van der Waals surface area contributed by atoms with Crippen molar-refractivity contribution in [2.75, 3.05) is 0 Å². The molecule has 1 N–H and O–H groups in total. The lowest BCUT2D eigenvalue weighted by Gasteiger charge is -1.99. The highest BCUT2D eigenvalue weighted by Gasteiger charge is 2.06. The van der Waals surface area contributed by atoms with Crippen LogP contribution in [0, 0.1) is 0 Å². The number of hydrogen-bond donors (Lipinski definition) is 1. The van der Waals surface area contributed by atoms with Gasteiger partial charge in [0, 0.05) is 17.7 Å². The number of carbonyl (C=O) groups is 1. The molecule has 0 radical (unpaired) electrons. The molecule has 0 saturated heterocycles. The minimum Gasteiger partial charge on any atom is -1.00 e. The SMILES string of the molecule is O=C(O)c1cccc(C[n+]2ccccc2)c1.[Cl-]. The smallest absolute Gasteiger partial charge is 0.335 e. The largest absolute Gasteiger partial charge is 1.00 e. The van der Waals surface area contributed by atoms with Crippen molar-refractivity contribution in [1.29, 1.82) is 0 Å². The zero-order valence-corrected chi connectivity index (χ0v) is 9.84. The number of benzene rings is 1. The van der Waals surface area contributed by atoms with E-state index in [1.165, 1.54) is 0 Å². The average molecular weight is 250 g/mol. The molecule has 4 heteroatoms. The van der Waals surface area contributed by atoms with Gasteiger partial charge in [0.15, 0.2) is 18.9 Å². The first-order valence-electron chi connectivity index (χ1n) is 5.02. The van der Waals surface area contributed by atoms with Gasteiger partial charge in [-0.1, -0.05) is 18.2 Å². The van der Waals surface area contributed by atoms with Crippen molar-refractivity contribution in [1.82, 2.24) is 0 Å². The van der Waals surface area contributed by atoms with E-state index >= 15 is 0 Å². The maximum Gasteiger partial charge on any atom is 0.335 e. The van der Waals surface area contributed by atoms with Crippen LogP contribution in [0.5, 0.6) is 0 Å². The van der Waals surface area contributed by atoms with Crippen LogP contribution in [0.1, 0.15) is 15.9 Å². The summed E-state index contributed by atoms with van der Waals surface area (Å²) in [6.07, 6.45) is 3.90. The number of nitrogens with zero attached hydrogens (tertiary/aromatic N) is 1. The molecule has 2 aromatic rings. The third-order valence-corrected chi connectivity index (χ3v) is 2.32. The number of hydrogen-bond acceptors (Lipinski definition) is 1. The Hall–Kier alpha value is -1.87. The van der Waals surface area contributed by atoms with Crippen molar-refractivity contribution in [2.24, 2.45) is 0 Å². The average Bonchev–Trinajstić information content (AvgIpc) is 2.30. The van der Waals surface area contributed by atoms with Crippen LogP contribution in [0.25, 0.3) is 0 Å². The van der Waals surface area contributed by atoms with Crippen molar-refractivity contribution in [3.8, 4) is 0 Å². The quantitative estimate of drug-likeness (QED) is 0.689. The van der Waals surface area contributed by atoms with Gasteiger partial charge in [0.2, 0.25) is 0 Å². The first kappa shape index (κ1) is 13.2. The summed E-state index contributed by atoms with van der Waals surface area (Å²) >= 11 is 0. The fourth-order valence-electron chi connectivity index (χ4n) is 1.55. The van der Waals surface area contributed by atoms with Crippen LogP contribution in [-0.2, 0) is 6.54 Å². The zero-order valence-electron chi connectivity index (χ0n) is 9.08. The first-order chi connectivity index (χ1) is 7.75. The van der Waals surface area contributed by atoms with Crippen LogP contribution < -0.4 is 17.0 Å². The Bertz CT molecular complexity index is 500. The highest BCUT2D eigenvalue weighted by atomic mass is 35.5. The van der Waals surface area contributed by atoms with Crippen molar-refractivity contribution in [2.45, 2.75) is 6.54 Å². The molecule has 1 heterocycles. The molecule has 0 saturated carbocycles. The summed E-state index contributed by atoms with van der Waals surface area (Å²) in [6.45, 7) is 0.682. The number of pyridine rings is 1. The van der Waals surface area contributed by atoms with Gasteiger partial charge < -0.3 is 17.5 Å². The van der Waals surface area contributed by atoms with E-state index in [-0.39, 0.29) is 12.4 Å². The van der Waals surface area contributed by atoms with E-state index in [9.17, 15) is 4.79 Å². The van der Waals surface area contributed by atoms with Crippen molar-refractivity contribution < 1.29 is 26.9 Å². The molecular weight excluding hydrogens is 238 g/mol. The van der Waals surface area contributed by atoms with Gasteiger partial charge >= 0.3 is 5.97 Å². The highest BCUT2D eigenvalue weighted by Crippen LogP contribution is 2.04. The Kier molecular flexibility index (Phi) is 4.67. The van der Waals surface area contributed by atoms with Crippen LogP contribution in [0.15, 0.2) is 54.9 Å². The summed E-state index contributed by atoms with van der Waals surface area (Å²) in [5.74, 6) is -0.889. The van der Waals surface area contributed by atoms with Gasteiger partial charge in [0.1, 0.15) is 0 Å². The molecular formula is C13H12ClNO2. The number of aromatic nitrogens is 1. The summed E-state index contributed by atoms with van der Waals surface area (Å²) in [4.78, 5) is 10.8. The number of carboxylic acid groups (broad SMARTS) is 1. The molecule has 17 heavy (non-hydrogen) atoms. The molecule has 0 unspecified atom stereocenters. The van der Waals surface area contributed by atoms with Crippen LogP contribution in [0.2, 0.25) is 0 Å². The summed E-state index contributed by atoms with van der Waals surface area (Å²) < 4.78 is 2.00. The van der Waals surface area contributed by atoms with E-state index in [1.807, 2.05) is 41.2 Å². The summed E-state index contributed by atoms with van der Waals surface area (Å²) in [5.41, 5.74) is 1.31. The number of aromatic carboxylic acids is 1. The fraction of sp³-hybridized carbons (Fsp3) is 0.0769. The van der Waals surface area contributed by atoms with Gasteiger partial charge in [0.25, 0.3) is 0 Å². The van der Waals surface area contributed by atoms with Crippen LogP contribution in [0.4, 0.5) is 0 Å². The van der Waals surface area contributed by atoms with Gasteiger partial charge in [-0.25, -0.2) is 9.36 Å². The topological polar surface area (TPSA) is 41.2 Å². The maximum absolute atomic E-state index is 10.8. The van der Waals surface area contributed by atoms with Gasteiger partial charge in [0.05, 0.1) is 5.56 Å². The fourth-order valence-corrected chi connectivity index (χ4v) is 1.55. The summed E-state index contributed by atoms with van der Waals surface area (Å²) in [6, 6.07) is 12.8. The molecule has 0 atom stereocenters. The molecule has 1 aromatic carbocycles. The summed E-state index contributed by atoms with van der Waals surface area (Å²) in [5, 5.41) is 8.87.